The number of primary amides is 1. The molecule has 1 unspecified atom stereocenters. The van der Waals surface area contributed by atoms with Gasteiger partial charge in [0.15, 0.2) is 0 Å². The number of carbonyl (C=O) groups excluding carboxylic acids is 2. The second-order valence-electron chi connectivity index (χ2n) is 6.54. The monoisotopic (exact) mass is 357 g/mol. The lowest BCUT2D eigenvalue weighted by molar-refractivity contribution is 0.1000. The molecule has 1 aliphatic rings. The number of anilines is 2. The highest BCUT2D eigenvalue weighted by atomic mass is 32.1. The molecular formula is C19H23N3O2S. The van der Waals surface area contributed by atoms with Crippen molar-refractivity contribution in [2.45, 2.75) is 39.5 Å². The second-order valence-corrected chi connectivity index (χ2v) is 7.64. The van der Waals surface area contributed by atoms with Gasteiger partial charge in [-0.2, -0.15) is 0 Å². The van der Waals surface area contributed by atoms with Gasteiger partial charge in [-0.05, 0) is 55.4 Å². The first-order valence-electron chi connectivity index (χ1n) is 8.57. The van der Waals surface area contributed by atoms with Crippen LogP contribution in [-0.2, 0) is 12.8 Å². The highest BCUT2D eigenvalue weighted by Gasteiger charge is 2.28. The molecule has 1 atom stereocenters. The van der Waals surface area contributed by atoms with E-state index in [0.29, 0.717) is 22.2 Å². The first kappa shape index (κ1) is 17.5. The lowest BCUT2D eigenvalue weighted by Crippen LogP contribution is -2.22. The van der Waals surface area contributed by atoms with Crippen LogP contribution in [0.4, 0.5) is 15.5 Å². The first-order valence-corrected chi connectivity index (χ1v) is 9.38. The number of fused-ring (bicyclic) bond motifs is 1. The number of aryl methyl sites for hydroxylation is 1. The summed E-state index contributed by atoms with van der Waals surface area (Å²) < 4.78 is 0. The molecule has 0 saturated carbocycles. The van der Waals surface area contributed by atoms with Crippen molar-refractivity contribution in [3.8, 4) is 0 Å². The van der Waals surface area contributed by atoms with Gasteiger partial charge in [-0.15, -0.1) is 11.3 Å². The summed E-state index contributed by atoms with van der Waals surface area (Å²) in [5.74, 6) is 0.166. The molecule has 4 N–H and O–H groups in total. The van der Waals surface area contributed by atoms with Gasteiger partial charge in [0.2, 0.25) is 0 Å². The van der Waals surface area contributed by atoms with Gasteiger partial charge in [0.05, 0.1) is 5.56 Å². The van der Waals surface area contributed by atoms with E-state index in [1.807, 2.05) is 31.2 Å². The zero-order chi connectivity index (χ0) is 18.0. The molecule has 0 aliphatic heterocycles. The third-order valence-corrected chi connectivity index (χ3v) is 5.86. The van der Waals surface area contributed by atoms with Crippen molar-refractivity contribution in [2.75, 3.05) is 10.6 Å². The maximum atomic E-state index is 12.3. The minimum absolute atomic E-state index is 0.362. The molecular weight excluding hydrogens is 334 g/mol. The van der Waals surface area contributed by atoms with E-state index >= 15 is 0 Å². The van der Waals surface area contributed by atoms with E-state index in [0.717, 1.165) is 36.8 Å². The molecule has 0 saturated heterocycles. The summed E-state index contributed by atoms with van der Waals surface area (Å²) in [5, 5.41) is 6.17. The van der Waals surface area contributed by atoms with Crippen LogP contribution in [0.15, 0.2) is 24.3 Å². The Hall–Kier alpha value is -2.34. The number of thiophene rings is 1. The molecule has 2 aromatic rings. The molecule has 0 fully saturated rings. The Morgan fingerprint density at radius 1 is 1.32 bits per heavy atom. The summed E-state index contributed by atoms with van der Waals surface area (Å²) in [7, 11) is 0. The fourth-order valence-corrected chi connectivity index (χ4v) is 4.70. The molecule has 3 amide bonds. The summed E-state index contributed by atoms with van der Waals surface area (Å²) in [6.07, 6.45) is 4.00. The standard InChI is InChI=1S/C19H23N3O2S/c1-3-12-7-8-14-15(10-12)25-18(16(14)17(20)23)22-19(24)21-13-6-4-5-11(2)9-13/h4-6,9,12H,3,7-8,10H2,1-2H3,(H2,20,23)(H2,21,22,24). The molecule has 0 bridgehead atoms. The van der Waals surface area contributed by atoms with E-state index in [1.54, 1.807) is 0 Å². The number of amides is 3. The molecule has 0 spiro atoms. The van der Waals surface area contributed by atoms with Crippen LogP contribution in [0.25, 0.3) is 0 Å². The molecule has 6 heteroatoms. The molecule has 5 nitrogen and oxygen atoms in total. The number of nitrogens with one attached hydrogen (secondary N) is 2. The summed E-state index contributed by atoms with van der Waals surface area (Å²) >= 11 is 1.48. The molecule has 25 heavy (non-hydrogen) atoms. The van der Waals surface area contributed by atoms with Crippen molar-refractivity contribution in [3.63, 3.8) is 0 Å². The molecule has 0 radical (unpaired) electrons. The molecule has 1 aliphatic carbocycles. The number of rotatable bonds is 4. The Kier molecular flexibility index (Phi) is 5.08. The van der Waals surface area contributed by atoms with Crippen molar-refractivity contribution in [1.29, 1.82) is 0 Å². The van der Waals surface area contributed by atoms with Crippen LogP contribution < -0.4 is 16.4 Å². The van der Waals surface area contributed by atoms with Crippen LogP contribution in [-0.4, -0.2) is 11.9 Å². The van der Waals surface area contributed by atoms with Crippen molar-refractivity contribution in [3.05, 3.63) is 45.8 Å². The minimum Gasteiger partial charge on any atom is -0.365 e. The van der Waals surface area contributed by atoms with E-state index in [2.05, 4.69) is 17.6 Å². The van der Waals surface area contributed by atoms with E-state index in [4.69, 9.17) is 5.73 Å². The number of nitrogens with two attached hydrogens (primary N) is 1. The summed E-state index contributed by atoms with van der Waals surface area (Å²) in [4.78, 5) is 25.5. The zero-order valence-corrected chi connectivity index (χ0v) is 15.3. The number of hydrogen-bond acceptors (Lipinski definition) is 3. The number of hydrogen-bond donors (Lipinski definition) is 3. The average Bonchev–Trinajstić information content (AvgIpc) is 2.91. The van der Waals surface area contributed by atoms with Gasteiger partial charge in [0.25, 0.3) is 5.91 Å². The lowest BCUT2D eigenvalue weighted by atomic mass is 9.85. The number of carbonyl (C=O) groups is 2. The van der Waals surface area contributed by atoms with Crippen LogP contribution in [0.1, 0.15) is 46.1 Å². The van der Waals surface area contributed by atoms with Gasteiger partial charge >= 0.3 is 6.03 Å². The molecule has 3 rings (SSSR count). The Morgan fingerprint density at radius 3 is 2.80 bits per heavy atom. The van der Waals surface area contributed by atoms with Gasteiger partial charge in [-0.3, -0.25) is 10.1 Å². The Balaban J connectivity index is 1.81. The third kappa shape index (κ3) is 3.85. The highest BCUT2D eigenvalue weighted by molar-refractivity contribution is 7.17. The van der Waals surface area contributed by atoms with Gasteiger partial charge in [-0.25, -0.2) is 4.79 Å². The van der Waals surface area contributed by atoms with Gasteiger partial charge in [0.1, 0.15) is 5.00 Å². The maximum absolute atomic E-state index is 12.3. The van der Waals surface area contributed by atoms with E-state index < -0.39 is 5.91 Å². The van der Waals surface area contributed by atoms with Crippen molar-refractivity contribution >= 4 is 34.0 Å². The normalized spacial score (nSPS) is 16.2. The summed E-state index contributed by atoms with van der Waals surface area (Å²) in [6.45, 7) is 4.15. The summed E-state index contributed by atoms with van der Waals surface area (Å²) in [5.41, 5.74) is 8.87. The number of benzene rings is 1. The molecule has 1 aromatic heterocycles. The number of urea groups is 1. The van der Waals surface area contributed by atoms with Gasteiger partial charge < -0.3 is 11.1 Å². The molecule has 1 heterocycles. The minimum atomic E-state index is -0.474. The maximum Gasteiger partial charge on any atom is 0.324 e. The predicted molar refractivity (Wildman–Crippen MR) is 102 cm³/mol. The fraction of sp³-hybridized carbons (Fsp3) is 0.368. The van der Waals surface area contributed by atoms with Crippen molar-refractivity contribution in [1.82, 2.24) is 0 Å². The lowest BCUT2D eigenvalue weighted by Gasteiger charge is -2.20. The van der Waals surface area contributed by atoms with Gasteiger partial charge in [-0.1, -0.05) is 25.5 Å². The molecule has 1 aromatic carbocycles. The largest absolute Gasteiger partial charge is 0.365 e. The van der Waals surface area contributed by atoms with E-state index in [9.17, 15) is 9.59 Å². The molecule has 132 valence electrons. The van der Waals surface area contributed by atoms with Crippen LogP contribution in [0, 0.1) is 12.8 Å². The quantitative estimate of drug-likeness (QED) is 0.761. The topological polar surface area (TPSA) is 84.2 Å². The first-order chi connectivity index (χ1) is 12.0. The Morgan fingerprint density at radius 2 is 2.12 bits per heavy atom. The van der Waals surface area contributed by atoms with Crippen molar-refractivity contribution in [2.24, 2.45) is 11.7 Å². The average molecular weight is 357 g/mol. The van der Waals surface area contributed by atoms with Gasteiger partial charge in [0, 0.05) is 10.6 Å². The predicted octanol–water partition coefficient (Wildman–Crippen LogP) is 4.31. The van der Waals surface area contributed by atoms with Crippen molar-refractivity contribution < 1.29 is 9.59 Å². The SMILES string of the molecule is CCC1CCc2c(sc(NC(=O)Nc3cccc(C)c3)c2C(N)=O)C1. The van der Waals surface area contributed by atoms with Crippen LogP contribution in [0.5, 0.6) is 0 Å². The summed E-state index contributed by atoms with van der Waals surface area (Å²) in [6, 6.07) is 7.20. The van der Waals surface area contributed by atoms with Crippen LogP contribution in [0.2, 0.25) is 0 Å². The third-order valence-electron chi connectivity index (χ3n) is 4.69. The van der Waals surface area contributed by atoms with E-state index in [1.165, 1.54) is 16.2 Å². The van der Waals surface area contributed by atoms with Crippen LogP contribution >= 0.6 is 11.3 Å². The highest BCUT2D eigenvalue weighted by Crippen LogP contribution is 2.40. The fourth-order valence-electron chi connectivity index (χ4n) is 3.34. The van der Waals surface area contributed by atoms with Crippen LogP contribution in [0.3, 0.4) is 0 Å². The second kappa shape index (κ2) is 7.27. The Bertz CT molecular complexity index is 813. The zero-order valence-electron chi connectivity index (χ0n) is 14.5. The van der Waals surface area contributed by atoms with E-state index in [-0.39, 0.29) is 6.03 Å². The smallest absolute Gasteiger partial charge is 0.324 e. The Labute approximate surface area is 151 Å².